The zero-order valence-electron chi connectivity index (χ0n) is 8.28. The Balaban J connectivity index is 2.51. The Labute approximate surface area is 102 Å². The molecule has 0 aliphatic heterocycles. The summed E-state index contributed by atoms with van der Waals surface area (Å²) in [6, 6.07) is 1.44. The number of carbonyl (C=O) groups is 1. The highest BCUT2D eigenvalue weighted by molar-refractivity contribution is 6.33. The molecule has 0 unspecified atom stereocenters. The molecule has 1 aromatic rings. The monoisotopic (exact) mass is 257 g/mol. The second kappa shape index (κ2) is 4.39. The Bertz CT molecular complexity index is 449. The second-order valence-corrected chi connectivity index (χ2v) is 4.37. The largest absolute Gasteiger partial charge is 0.396 e. The Morgan fingerprint density at radius 1 is 1.38 bits per heavy atom. The summed E-state index contributed by atoms with van der Waals surface area (Å²) in [5.74, 6) is 0.601. The van der Waals surface area contributed by atoms with Gasteiger partial charge in [-0.05, 0) is 18.8 Å². The Kier molecular flexibility index (Phi) is 3.12. The summed E-state index contributed by atoms with van der Waals surface area (Å²) in [7, 11) is 0. The lowest BCUT2D eigenvalue weighted by Crippen LogP contribution is -2.07. The van der Waals surface area contributed by atoms with E-state index < -0.39 is 0 Å². The highest BCUT2D eigenvalue weighted by Gasteiger charge is 2.31. The first-order chi connectivity index (χ1) is 7.61. The fourth-order valence-corrected chi connectivity index (χ4v) is 1.92. The maximum absolute atomic E-state index is 10.7. The highest BCUT2D eigenvalue weighted by Crippen LogP contribution is 2.41. The number of halogens is 2. The van der Waals surface area contributed by atoms with Crippen LogP contribution in [-0.4, -0.2) is 16.3 Å². The smallest absolute Gasteiger partial charge is 0.166 e. The summed E-state index contributed by atoms with van der Waals surface area (Å²) in [5, 5.41) is 0.485. The van der Waals surface area contributed by atoms with E-state index in [4.69, 9.17) is 28.9 Å². The van der Waals surface area contributed by atoms with Gasteiger partial charge in [0.2, 0.25) is 0 Å². The van der Waals surface area contributed by atoms with E-state index in [9.17, 15) is 4.79 Å². The second-order valence-electron chi connectivity index (χ2n) is 3.60. The third-order valence-electron chi connectivity index (χ3n) is 2.33. The minimum atomic E-state index is 0.154. The van der Waals surface area contributed by atoms with E-state index in [1.165, 1.54) is 6.07 Å². The van der Waals surface area contributed by atoms with Crippen molar-refractivity contribution in [1.82, 2.24) is 9.97 Å². The van der Waals surface area contributed by atoms with Gasteiger partial charge in [-0.25, -0.2) is 9.97 Å². The summed E-state index contributed by atoms with van der Waals surface area (Å²) in [6.45, 7) is 0. The van der Waals surface area contributed by atoms with Crippen LogP contribution < -0.4 is 5.73 Å². The van der Waals surface area contributed by atoms with Gasteiger partial charge < -0.3 is 5.73 Å². The van der Waals surface area contributed by atoms with Crippen LogP contribution in [-0.2, 0) is 4.79 Å². The number of allylic oxidation sites excluding steroid dienone is 2. The quantitative estimate of drug-likeness (QED) is 0.512. The number of nitrogens with zero attached hydrogens (tertiary/aromatic N) is 2. The standard InChI is InChI=1S/C10H9Cl2N3O/c11-7-3-8(12)15-10(14-7)9(5-1-2-5)6(13)4-16/h3-5H,1-2,13H2/b9-6-. The molecule has 2 rings (SSSR count). The topological polar surface area (TPSA) is 68.9 Å². The molecule has 84 valence electrons. The van der Waals surface area contributed by atoms with Crippen LogP contribution in [0, 0.1) is 5.92 Å². The number of aldehydes is 1. The van der Waals surface area contributed by atoms with Gasteiger partial charge in [-0.1, -0.05) is 23.2 Å². The average molecular weight is 258 g/mol. The lowest BCUT2D eigenvalue weighted by atomic mass is 10.1. The SMILES string of the molecule is N/C(C=O)=C(\c1nc(Cl)cc(Cl)n1)C1CC1. The molecule has 1 fully saturated rings. The summed E-state index contributed by atoms with van der Waals surface area (Å²) in [6.07, 6.45) is 2.57. The highest BCUT2D eigenvalue weighted by atomic mass is 35.5. The molecule has 1 saturated carbocycles. The van der Waals surface area contributed by atoms with E-state index in [2.05, 4.69) is 9.97 Å². The van der Waals surface area contributed by atoms with Gasteiger partial charge in [0.15, 0.2) is 12.1 Å². The van der Waals surface area contributed by atoms with Crippen LogP contribution in [0.25, 0.3) is 5.57 Å². The van der Waals surface area contributed by atoms with Gasteiger partial charge in [-0.2, -0.15) is 0 Å². The van der Waals surface area contributed by atoms with Crippen LogP contribution in [0.1, 0.15) is 18.7 Å². The Hall–Kier alpha value is -1.13. The number of rotatable bonds is 3. The molecule has 0 aromatic carbocycles. The third kappa shape index (κ3) is 2.33. The van der Waals surface area contributed by atoms with Gasteiger partial charge in [0, 0.05) is 11.6 Å². The van der Waals surface area contributed by atoms with Crippen LogP contribution in [0.5, 0.6) is 0 Å². The first-order valence-electron chi connectivity index (χ1n) is 4.77. The maximum atomic E-state index is 10.7. The zero-order valence-corrected chi connectivity index (χ0v) is 9.79. The summed E-state index contributed by atoms with van der Waals surface area (Å²) in [4.78, 5) is 18.8. The molecule has 0 atom stereocenters. The van der Waals surface area contributed by atoms with Gasteiger partial charge >= 0.3 is 0 Å². The minimum Gasteiger partial charge on any atom is -0.396 e. The summed E-state index contributed by atoms with van der Waals surface area (Å²) >= 11 is 11.6. The van der Waals surface area contributed by atoms with Crippen molar-refractivity contribution >= 4 is 35.1 Å². The first-order valence-corrected chi connectivity index (χ1v) is 5.52. The molecule has 0 bridgehead atoms. The molecule has 4 nitrogen and oxygen atoms in total. The first kappa shape index (κ1) is 11.4. The predicted molar refractivity (Wildman–Crippen MR) is 61.9 cm³/mol. The summed E-state index contributed by atoms with van der Waals surface area (Å²) < 4.78 is 0. The molecule has 1 aliphatic rings. The normalized spacial score (nSPS) is 16.9. The molecule has 0 radical (unpaired) electrons. The van der Waals surface area contributed by atoms with Gasteiger partial charge in [0.25, 0.3) is 0 Å². The molecular formula is C10H9Cl2N3O. The number of hydrogen-bond acceptors (Lipinski definition) is 4. The minimum absolute atomic E-state index is 0.154. The van der Waals surface area contributed by atoms with Crippen molar-refractivity contribution in [3.63, 3.8) is 0 Å². The van der Waals surface area contributed by atoms with Gasteiger partial charge in [0.05, 0.1) is 5.70 Å². The number of nitrogens with two attached hydrogens (primary N) is 1. The molecule has 1 heterocycles. The van der Waals surface area contributed by atoms with Crippen LogP contribution in [0.3, 0.4) is 0 Å². The lowest BCUT2D eigenvalue weighted by molar-refractivity contribution is -0.104. The van der Waals surface area contributed by atoms with Crippen molar-refractivity contribution in [2.45, 2.75) is 12.8 Å². The molecule has 1 aliphatic carbocycles. The molecule has 0 amide bonds. The van der Waals surface area contributed by atoms with Crippen molar-refractivity contribution < 1.29 is 4.79 Å². The van der Waals surface area contributed by atoms with Gasteiger partial charge in [-0.15, -0.1) is 0 Å². The van der Waals surface area contributed by atoms with E-state index >= 15 is 0 Å². The van der Waals surface area contributed by atoms with Crippen LogP contribution in [0.2, 0.25) is 10.3 Å². The summed E-state index contributed by atoms with van der Waals surface area (Å²) in [5.41, 5.74) is 6.44. The van der Waals surface area contributed by atoms with Crippen molar-refractivity contribution in [1.29, 1.82) is 0 Å². The van der Waals surface area contributed by atoms with E-state index in [0.29, 0.717) is 17.7 Å². The number of carbonyl (C=O) groups excluding carboxylic acids is 1. The fourth-order valence-electron chi connectivity index (χ4n) is 1.49. The molecular weight excluding hydrogens is 249 g/mol. The van der Waals surface area contributed by atoms with Crippen molar-refractivity contribution in [2.24, 2.45) is 11.7 Å². The Morgan fingerprint density at radius 2 is 1.94 bits per heavy atom. The van der Waals surface area contributed by atoms with E-state index in [0.717, 1.165) is 12.8 Å². The molecule has 6 heteroatoms. The number of aromatic nitrogens is 2. The number of hydrogen-bond donors (Lipinski definition) is 1. The van der Waals surface area contributed by atoms with E-state index in [1.54, 1.807) is 0 Å². The van der Waals surface area contributed by atoms with Crippen LogP contribution >= 0.6 is 23.2 Å². The van der Waals surface area contributed by atoms with E-state index in [1.807, 2.05) is 0 Å². The molecule has 2 N–H and O–H groups in total. The maximum Gasteiger partial charge on any atom is 0.166 e. The van der Waals surface area contributed by atoms with Crippen LogP contribution in [0.4, 0.5) is 0 Å². The molecule has 16 heavy (non-hydrogen) atoms. The van der Waals surface area contributed by atoms with Crippen LogP contribution in [0.15, 0.2) is 11.8 Å². The van der Waals surface area contributed by atoms with Crippen molar-refractivity contribution in [3.05, 3.63) is 27.9 Å². The van der Waals surface area contributed by atoms with E-state index in [-0.39, 0.29) is 21.9 Å². The van der Waals surface area contributed by atoms with Gasteiger partial charge in [0.1, 0.15) is 10.3 Å². The predicted octanol–water partition coefficient (Wildman–Crippen LogP) is 2.06. The Morgan fingerprint density at radius 3 is 2.38 bits per heavy atom. The van der Waals surface area contributed by atoms with Gasteiger partial charge in [-0.3, -0.25) is 4.79 Å². The zero-order chi connectivity index (χ0) is 11.7. The average Bonchev–Trinajstić information content (AvgIpc) is 3.00. The molecule has 1 aromatic heterocycles. The molecule has 0 saturated heterocycles. The van der Waals surface area contributed by atoms with Crippen molar-refractivity contribution in [2.75, 3.05) is 0 Å². The fraction of sp³-hybridized carbons (Fsp3) is 0.300. The third-order valence-corrected chi connectivity index (χ3v) is 2.72. The lowest BCUT2D eigenvalue weighted by Gasteiger charge is -2.06. The molecule has 0 spiro atoms. The van der Waals surface area contributed by atoms with Crippen molar-refractivity contribution in [3.8, 4) is 0 Å².